The summed E-state index contributed by atoms with van der Waals surface area (Å²) in [4.78, 5) is 11.6. The number of benzene rings is 1. The number of sulfonamides is 1. The van der Waals surface area contributed by atoms with Crippen LogP contribution in [0.15, 0.2) is 17.0 Å². The minimum absolute atomic E-state index is 0. The molecule has 21 heavy (non-hydrogen) atoms. The highest BCUT2D eigenvalue weighted by molar-refractivity contribution is 7.89. The third-order valence-electron chi connectivity index (χ3n) is 2.83. The summed E-state index contributed by atoms with van der Waals surface area (Å²) in [5, 5.41) is 0. The molecule has 0 aromatic heterocycles. The zero-order valence-electron chi connectivity index (χ0n) is 12.7. The average molecular weight is 337 g/mol. The first-order valence-corrected chi connectivity index (χ1v) is 7.48. The van der Waals surface area contributed by atoms with Gasteiger partial charge in [-0.15, -0.1) is 12.4 Å². The van der Waals surface area contributed by atoms with Crippen molar-refractivity contribution in [3.63, 3.8) is 0 Å². The molecule has 0 aliphatic carbocycles. The second kappa shape index (κ2) is 6.74. The molecule has 1 unspecified atom stereocenters. The Morgan fingerprint density at radius 3 is 2.05 bits per heavy atom. The van der Waals surface area contributed by atoms with Crippen molar-refractivity contribution in [2.24, 2.45) is 5.73 Å². The van der Waals surface area contributed by atoms with Crippen LogP contribution in [0.1, 0.15) is 23.6 Å². The van der Waals surface area contributed by atoms with Gasteiger partial charge in [-0.05, 0) is 38.8 Å². The Hall–Kier alpha value is -1.15. The number of nitrogens with two attached hydrogens (primary N) is 1. The van der Waals surface area contributed by atoms with Crippen molar-refractivity contribution in [1.29, 1.82) is 0 Å². The fourth-order valence-corrected chi connectivity index (χ4v) is 3.88. The Bertz CT molecular complexity index is 619. The van der Waals surface area contributed by atoms with E-state index < -0.39 is 21.7 Å². The van der Waals surface area contributed by atoms with Gasteiger partial charge in [0.05, 0.1) is 12.0 Å². The third-order valence-corrected chi connectivity index (χ3v) is 4.70. The number of carbonyl (C=O) groups is 1. The Balaban J connectivity index is 0.00000400. The second-order valence-electron chi connectivity index (χ2n) is 5.03. The lowest BCUT2D eigenvalue weighted by Crippen LogP contribution is -2.59. The molecule has 0 heterocycles. The predicted octanol–water partition coefficient (Wildman–Crippen LogP) is 1.16. The fourth-order valence-electron chi connectivity index (χ4n) is 2.17. The maximum Gasteiger partial charge on any atom is 0.341 e. The molecule has 0 saturated heterocycles. The van der Waals surface area contributed by atoms with Crippen molar-refractivity contribution in [3.8, 4) is 0 Å². The molecule has 3 N–H and O–H groups in total. The van der Waals surface area contributed by atoms with E-state index in [0.717, 1.165) is 12.7 Å². The molecule has 0 saturated carbocycles. The van der Waals surface area contributed by atoms with Crippen molar-refractivity contribution < 1.29 is 17.9 Å². The number of aryl methyl sites for hydroxylation is 3. The molecule has 0 aliphatic rings. The summed E-state index contributed by atoms with van der Waals surface area (Å²) in [6.07, 6.45) is 0. The number of ether oxygens (including phenoxy) is 1. The molecule has 0 amide bonds. The molecule has 1 rings (SSSR count). The number of hydrogen-bond donors (Lipinski definition) is 2. The molecule has 0 spiro atoms. The molecule has 6 nitrogen and oxygen atoms in total. The number of esters is 1. The van der Waals surface area contributed by atoms with Gasteiger partial charge < -0.3 is 10.5 Å². The van der Waals surface area contributed by atoms with Crippen molar-refractivity contribution in [2.45, 2.75) is 38.3 Å². The summed E-state index contributed by atoms with van der Waals surface area (Å²) >= 11 is 0. The van der Waals surface area contributed by atoms with Gasteiger partial charge in [-0.25, -0.2) is 13.2 Å². The van der Waals surface area contributed by atoms with Gasteiger partial charge in [0.2, 0.25) is 10.0 Å². The lowest BCUT2D eigenvalue weighted by molar-refractivity contribution is -0.146. The zero-order chi connectivity index (χ0) is 15.7. The van der Waals surface area contributed by atoms with Gasteiger partial charge in [0.25, 0.3) is 0 Å². The van der Waals surface area contributed by atoms with E-state index in [1.807, 2.05) is 6.92 Å². The highest BCUT2D eigenvalue weighted by atomic mass is 35.5. The van der Waals surface area contributed by atoms with Crippen LogP contribution in [0.25, 0.3) is 0 Å². The van der Waals surface area contributed by atoms with E-state index in [-0.39, 0.29) is 17.3 Å². The van der Waals surface area contributed by atoms with Crippen LogP contribution < -0.4 is 10.5 Å². The standard InChI is InChI=1S/C13H20N2O4S.ClH/c1-8-6-9(2)11(10(3)7-8)20(17,18)15-13(4,14)12(16)19-5;/h6-7,15H,14H2,1-5H3;1H. The molecular formula is C13H21ClN2O4S. The summed E-state index contributed by atoms with van der Waals surface area (Å²) in [5.74, 6) is -0.858. The maximum absolute atomic E-state index is 12.4. The molecule has 1 aromatic rings. The van der Waals surface area contributed by atoms with Crippen LogP contribution in [0.4, 0.5) is 0 Å². The van der Waals surface area contributed by atoms with Crippen LogP contribution >= 0.6 is 12.4 Å². The van der Waals surface area contributed by atoms with E-state index in [0.29, 0.717) is 11.1 Å². The van der Waals surface area contributed by atoms with Crippen molar-refractivity contribution in [1.82, 2.24) is 4.72 Å². The van der Waals surface area contributed by atoms with Gasteiger partial charge >= 0.3 is 5.97 Å². The summed E-state index contributed by atoms with van der Waals surface area (Å²) in [6.45, 7) is 6.52. The average Bonchev–Trinajstić information content (AvgIpc) is 2.23. The first-order chi connectivity index (χ1) is 9.01. The van der Waals surface area contributed by atoms with E-state index in [1.54, 1.807) is 26.0 Å². The van der Waals surface area contributed by atoms with E-state index in [1.165, 1.54) is 6.92 Å². The quantitative estimate of drug-likeness (QED) is 0.635. The summed E-state index contributed by atoms with van der Waals surface area (Å²) in [5.41, 5.74) is 5.98. The Morgan fingerprint density at radius 1 is 1.24 bits per heavy atom. The van der Waals surface area contributed by atoms with Crippen molar-refractivity contribution in [3.05, 3.63) is 28.8 Å². The molecular weight excluding hydrogens is 316 g/mol. The Labute approximate surface area is 131 Å². The fraction of sp³-hybridized carbons (Fsp3) is 0.462. The first kappa shape index (κ1) is 19.9. The van der Waals surface area contributed by atoms with Gasteiger partial charge in [-0.2, -0.15) is 4.72 Å². The summed E-state index contributed by atoms with van der Waals surface area (Å²) in [6, 6.07) is 3.52. The minimum atomic E-state index is -3.93. The topological polar surface area (TPSA) is 98.5 Å². The summed E-state index contributed by atoms with van der Waals surface area (Å²) < 4.78 is 31.5. The smallest absolute Gasteiger partial charge is 0.341 e. The molecule has 0 fully saturated rings. The van der Waals surface area contributed by atoms with E-state index in [4.69, 9.17) is 5.73 Å². The van der Waals surface area contributed by atoms with Gasteiger partial charge in [0, 0.05) is 0 Å². The first-order valence-electron chi connectivity index (χ1n) is 6.00. The van der Waals surface area contributed by atoms with Crippen LogP contribution in [-0.2, 0) is 19.6 Å². The SMILES string of the molecule is COC(=O)C(C)(N)NS(=O)(=O)c1c(C)cc(C)cc1C.Cl. The van der Waals surface area contributed by atoms with Gasteiger partial charge in [-0.3, -0.25) is 0 Å². The monoisotopic (exact) mass is 336 g/mol. The summed E-state index contributed by atoms with van der Waals surface area (Å²) in [7, 11) is -2.78. The Morgan fingerprint density at radius 2 is 1.67 bits per heavy atom. The van der Waals surface area contributed by atoms with Crippen LogP contribution in [0.3, 0.4) is 0 Å². The third kappa shape index (κ3) is 4.41. The molecule has 0 bridgehead atoms. The van der Waals surface area contributed by atoms with Gasteiger partial charge in [0.1, 0.15) is 0 Å². The predicted molar refractivity (Wildman–Crippen MR) is 82.8 cm³/mol. The number of hydrogen-bond acceptors (Lipinski definition) is 5. The van der Waals surface area contributed by atoms with Crippen LogP contribution in [0.5, 0.6) is 0 Å². The second-order valence-corrected chi connectivity index (χ2v) is 6.65. The number of methoxy groups -OCH3 is 1. The number of rotatable bonds is 4. The van der Waals surface area contributed by atoms with Gasteiger partial charge in [0.15, 0.2) is 5.66 Å². The lowest BCUT2D eigenvalue weighted by Gasteiger charge is -2.24. The number of nitrogens with one attached hydrogen (secondary N) is 1. The van der Waals surface area contributed by atoms with Crippen molar-refractivity contribution >= 4 is 28.4 Å². The number of halogens is 1. The minimum Gasteiger partial charge on any atom is -0.467 e. The van der Waals surface area contributed by atoms with E-state index in [9.17, 15) is 13.2 Å². The van der Waals surface area contributed by atoms with Crippen LogP contribution in [0, 0.1) is 20.8 Å². The molecule has 0 radical (unpaired) electrons. The molecule has 1 atom stereocenters. The van der Waals surface area contributed by atoms with E-state index in [2.05, 4.69) is 9.46 Å². The Kier molecular flexibility index (Phi) is 6.37. The van der Waals surface area contributed by atoms with Crippen LogP contribution in [0.2, 0.25) is 0 Å². The highest BCUT2D eigenvalue weighted by Crippen LogP contribution is 2.22. The van der Waals surface area contributed by atoms with Gasteiger partial charge in [-0.1, -0.05) is 17.7 Å². The molecule has 0 aliphatic heterocycles. The number of carbonyl (C=O) groups excluding carboxylic acids is 1. The highest BCUT2D eigenvalue weighted by Gasteiger charge is 2.36. The van der Waals surface area contributed by atoms with Crippen molar-refractivity contribution in [2.75, 3.05) is 7.11 Å². The molecule has 120 valence electrons. The molecule has 1 aromatic carbocycles. The normalized spacial score (nSPS) is 14.0. The molecule has 8 heteroatoms. The maximum atomic E-state index is 12.4. The van der Waals surface area contributed by atoms with E-state index >= 15 is 0 Å². The lowest BCUT2D eigenvalue weighted by atomic mass is 10.1. The zero-order valence-corrected chi connectivity index (χ0v) is 14.3. The largest absolute Gasteiger partial charge is 0.467 e. The van der Waals surface area contributed by atoms with Crippen LogP contribution in [-0.4, -0.2) is 27.2 Å².